The van der Waals surface area contributed by atoms with Crippen molar-refractivity contribution in [3.63, 3.8) is 0 Å². The molecule has 0 amide bonds. The maximum Gasteiger partial charge on any atom is 0.119 e. The summed E-state index contributed by atoms with van der Waals surface area (Å²) in [5.41, 5.74) is 5.09. The number of hydrogen-bond acceptors (Lipinski definition) is 4. The number of carbonyl (C=O) groups excluding carboxylic acids is 1. The van der Waals surface area contributed by atoms with Crippen molar-refractivity contribution < 1.29 is 4.79 Å². The van der Waals surface area contributed by atoms with E-state index < -0.39 is 0 Å². The van der Waals surface area contributed by atoms with Gasteiger partial charge < -0.3 is 4.79 Å². The number of fused-ring (bicyclic) bond motifs is 1. The van der Waals surface area contributed by atoms with Crippen molar-refractivity contribution in [2.75, 3.05) is 0 Å². The van der Waals surface area contributed by atoms with E-state index >= 15 is 0 Å². The summed E-state index contributed by atoms with van der Waals surface area (Å²) >= 11 is 0. The van der Waals surface area contributed by atoms with Gasteiger partial charge >= 0.3 is 0 Å². The molecule has 0 N–H and O–H groups in total. The highest BCUT2D eigenvalue weighted by Crippen LogP contribution is 2.23. The maximum atomic E-state index is 10.4. The van der Waals surface area contributed by atoms with Gasteiger partial charge in [0, 0.05) is 30.1 Å². The Bertz CT molecular complexity index is 947. The molecule has 0 bridgehead atoms. The van der Waals surface area contributed by atoms with Crippen molar-refractivity contribution in [1.29, 1.82) is 0 Å². The summed E-state index contributed by atoms with van der Waals surface area (Å²) in [4.78, 5) is 19.8. The van der Waals surface area contributed by atoms with Gasteiger partial charge in [0.05, 0.1) is 28.8 Å². The Hall–Kier alpha value is -2.82. The molecule has 1 aromatic heterocycles. The van der Waals surface area contributed by atoms with E-state index in [1.54, 1.807) is 0 Å². The lowest BCUT2D eigenvalue weighted by Crippen LogP contribution is -2.09. The lowest BCUT2D eigenvalue weighted by Gasteiger charge is -2.08. The molecule has 0 aliphatic carbocycles. The third kappa shape index (κ3) is 6.61. The Morgan fingerprint density at radius 1 is 1.17 bits per heavy atom. The Labute approximate surface area is 180 Å². The van der Waals surface area contributed by atoms with Gasteiger partial charge in [-0.05, 0) is 46.1 Å². The Morgan fingerprint density at radius 2 is 1.97 bits per heavy atom. The van der Waals surface area contributed by atoms with Gasteiger partial charge in [-0.1, -0.05) is 44.1 Å². The molecule has 0 saturated heterocycles. The summed E-state index contributed by atoms with van der Waals surface area (Å²) < 4.78 is 2.08. The summed E-state index contributed by atoms with van der Waals surface area (Å²) in [5, 5.41) is 5.71. The number of benzene rings is 1. The topological polar surface area (TPSA) is 59.6 Å². The molecule has 0 aliphatic rings. The highest BCUT2D eigenvalue weighted by atomic mass is 16.1. The fraction of sp³-hybridized carbons (Fsp3) is 0.440. The molecule has 160 valence electrons. The van der Waals surface area contributed by atoms with E-state index in [1.807, 2.05) is 45.3 Å². The lowest BCUT2D eigenvalue weighted by molar-refractivity contribution is -0.107. The molecule has 0 saturated carbocycles. The fourth-order valence-electron chi connectivity index (χ4n) is 3.40. The smallest absolute Gasteiger partial charge is 0.119 e. The summed E-state index contributed by atoms with van der Waals surface area (Å²) in [5.74, 6) is 0. The molecule has 1 heterocycles. The molecule has 0 spiro atoms. The molecule has 0 atom stereocenters. The summed E-state index contributed by atoms with van der Waals surface area (Å²) in [6.45, 7) is 8.98. The number of aromatic nitrogens is 2. The number of unbranched alkanes of at least 4 members (excludes halogenated alkanes) is 4. The maximum absolute atomic E-state index is 10.4. The highest BCUT2D eigenvalue weighted by molar-refractivity contribution is 6.42. The molecular formula is C25H34N4O. The first-order valence-corrected chi connectivity index (χ1v) is 10.9. The van der Waals surface area contributed by atoms with E-state index in [1.165, 1.54) is 0 Å². The lowest BCUT2D eigenvalue weighted by atomic mass is 10.1. The Morgan fingerprint density at radius 3 is 2.67 bits per heavy atom. The van der Waals surface area contributed by atoms with Gasteiger partial charge in [0.1, 0.15) is 6.29 Å². The van der Waals surface area contributed by atoms with E-state index in [0.29, 0.717) is 6.42 Å². The third-order valence-electron chi connectivity index (χ3n) is 5.08. The molecule has 2 rings (SSSR count). The van der Waals surface area contributed by atoms with Crippen LogP contribution in [0, 0.1) is 0 Å². The molecule has 0 unspecified atom stereocenters. The van der Waals surface area contributed by atoms with Crippen molar-refractivity contribution >= 4 is 34.3 Å². The molecule has 2 aromatic rings. The number of hydrogen-bond donors (Lipinski definition) is 0. The predicted octanol–water partition coefficient (Wildman–Crippen LogP) is 6.39. The number of aryl methyl sites for hydroxylation is 1. The SMILES string of the molecule is C/C=C\N=C(CC)C(C)=N/C(=C\C)c1ccc2cnn(CCCCCCC=O)c2c1. The van der Waals surface area contributed by atoms with Crippen LogP contribution in [0.1, 0.15) is 71.8 Å². The van der Waals surface area contributed by atoms with Gasteiger partial charge in [-0.3, -0.25) is 14.7 Å². The zero-order valence-electron chi connectivity index (χ0n) is 18.8. The average Bonchev–Trinajstić information content (AvgIpc) is 3.17. The predicted molar refractivity (Wildman–Crippen MR) is 128 cm³/mol. The van der Waals surface area contributed by atoms with Gasteiger partial charge in [-0.25, -0.2) is 0 Å². The van der Waals surface area contributed by atoms with Gasteiger partial charge in [0.2, 0.25) is 0 Å². The van der Waals surface area contributed by atoms with E-state index in [-0.39, 0.29) is 0 Å². The zero-order chi connectivity index (χ0) is 21.8. The van der Waals surface area contributed by atoms with E-state index in [4.69, 9.17) is 4.99 Å². The molecule has 0 fully saturated rings. The average molecular weight is 407 g/mol. The van der Waals surface area contributed by atoms with Crippen LogP contribution in [-0.2, 0) is 11.3 Å². The summed E-state index contributed by atoms with van der Waals surface area (Å²) in [6.07, 6.45) is 14.5. The summed E-state index contributed by atoms with van der Waals surface area (Å²) in [7, 11) is 0. The zero-order valence-corrected chi connectivity index (χ0v) is 18.8. The first-order valence-electron chi connectivity index (χ1n) is 10.9. The van der Waals surface area contributed by atoms with Crippen LogP contribution in [0.25, 0.3) is 16.6 Å². The largest absolute Gasteiger partial charge is 0.303 e. The van der Waals surface area contributed by atoms with Crippen molar-refractivity contribution in [3.8, 4) is 0 Å². The second-order valence-corrected chi connectivity index (χ2v) is 7.29. The van der Waals surface area contributed by atoms with E-state index in [9.17, 15) is 4.79 Å². The fourth-order valence-corrected chi connectivity index (χ4v) is 3.40. The van der Waals surface area contributed by atoms with Crippen LogP contribution in [0.5, 0.6) is 0 Å². The minimum atomic E-state index is 0.666. The monoisotopic (exact) mass is 406 g/mol. The minimum Gasteiger partial charge on any atom is -0.303 e. The Kier molecular flexibility index (Phi) is 9.92. The second kappa shape index (κ2) is 12.7. The number of nitrogens with zero attached hydrogens (tertiary/aromatic N) is 4. The minimum absolute atomic E-state index is 0.666. The Balaban J connectivity index is 2.20. The van der Waals surface area contributed by atoms with Crippen molar-refractivity contribution in [1.82, 2.24) is 9.78 Å². The molecule has 30 heavy (non-hydrogen) atoms. The van der Waals surface area contributed by atoms with E-state index in [2.05, 4.69) is 39.9 Å². The van der Waals surface area contributed by atoms with Crippen LogP contribution in [0.4, 0.5) is 0 Å². The quantitative estimate of drug-likeness (QED) is 0.233. The standard InChI is InChI=1S/C25H34N4O/c1-5-15-26-23(6-2)20(4)28-24(7-3)21-13-14-22-19-27-29(25(22)18-21)16-11-9-8-10-12-17-30/h5,7,13-15,17-19H,6,8-12,16H2,1-4H3/b15-5-,24-7-,26-23?,28-20?. The third-order valence-corrected chi connectivity index (χ3v) is 5.08. The molecule has 5 heteroatoms. The van der Waals surface area contributed by atoms with Gasteiger partial charge in [0.15, 0.2) is 0 Å². The van der Waals surface area contributed by atoms with Gasteiger partial charge in [-0.2, -0.15) is 5.10 Å². The number of rotatable bonds is 12. The normalized spacial score (nSPS) is 13.5. The molecular weight excluding hydrogens is 372 g/mol. The van der Waals surface area contributed by atoms with Crippen LogP contribution in [0.3, 0.4) is 0 Å². The second-order valence-electron chi connectivity index (χ2n) is 7.29. The van der Waals surface area contributed by atoms with Crippen molar-refractivity contribution in [3.05, 3.63) is 48.3 Å². The van der Waals surface area contributed by atoms with Gasteiger partial charge in [-0.15, -0.1) is 0 Å². The molecule has 5 nitrogen and oxygen atoms in total. The molecule has 0 radical (unpaired) electrons. The number of aliphatic imine (C=N–C) groups is 2. The molecule has 0 aliphatic heterocycles. The van der Waals surface area contributed by atoms with Gasteiger partial charge in [0.25, 0.3) is 0 Å². The first kappa shape index (κ1) is 23.5. The number of allylic oxidation sites excluding steroid dienone is 2. The van der Waals surface area contributed by atoms with Crippen molar-refractivity contribution in [2.24, 2.45) is 9.98 Å². The molecule has 1 aromatic carbocycles. The number of aldehydes is 1. The van der Waals surface area contributed by atoms with Crippen LogP contribution < -0.4 is 0 Å². The van der Waals surface area contributed by atoms with Crippen LogP contribution in [-0.4, -0.2) is 27.5 Å². The first-order chi connectivity index (χ1) is 14.6. The highest BCUT2D eigenvalue weighted by Gasteiger charge is 2.08. The van der Waals surface area contributed by atoms with Crippen LogP contribution in [0.15, 0.2) is 52.7 Å². The van der Waals surface area contributed by atoms with Crippen LogP contribution >= 0.6 is 0 Å². The number of carbonyl (C=O) groups is 1. The summed E-state index contributed by atoms with van der Waals surface area (Å²) in [6, 6.07) is 6.39. The van der Waals surface area contributed by atoms with Crippen LogP contribution in [0.2, 0.25) is 0 Å². The van der Waals surface area contributed by atoms with Crippen molar-refractivity contribution in [2.45, 2.75) is 72.8 Å². The van der Waals surface area contributed by atoms with E-state index in [0.717, 1.165) is 78.5 Å².